The van der Waals surface area contributed by atoms with Gasteiger partial charge in [-0.2, -0.15) is 5.10 Å². The average molecular weight is 401 g/mol. The maximum Gasteiger partial charge on any atom is 0.226 e. The molecular formula is C22H23N7O. The Morgan fingerprint density at radius 2 is 1.90 bits per heavy atom. The summed E-state index contributed by atoms with van der Waals surface area (Å²) < 4.78 is 1.58. The minimum atomic E-state index is 0.0970. The number of aryl methyl sites for hydroxylation is 1. The standard InChI is InChI=1S/C22H23N7O/c1-28(13-5-8-19-15-21(25-24-19)18-6-3-2-4-7-18)22(30)14-17-9-11-20(12-10-17)29-16-23-26-27-29/h2-4,6-7,9-12,15-16H,5,8,13-14H2,1H3,(H,24,25). The molecule has 0 radical (unpaired) electrons. The van der Waals surface area contributed by atoms with Crippen molar-refractivity contribution in [2.75, 3.05) is 13.6 Å². The molecule has 4 rings (SSSR count). The summed E-state index contributed by atoms with van der Waals surface area (Å²) in [5.74, 6) is 0.0970. The molecule has 0 unspecified atom stereocenters. The Bertz CT molecular complexity index is 1070. The van der Waals surface area contributed by atoms with Gasteiger partial charge in [0.25, 0.3) is 0 Å². The molecule has 0 saturated carbocycles. The first kappa shape index (κ1) is 19.5. The highest BCUT2D eigenvalue weighted by Crippen LogP contribution is 2.17. The number of aromatic nitrogens is 6. The third kappa shape index (κ3) is 4.78. The summed E-state index contributed by atoms with van der Waals surface area (Å²) in [6, 6.07) is 19.8. The summed E-state index contributed by atoms with van der Waals surface area (Å²) >= 11 is 0. The van der Waals surface area contributed by atoms with Crippen LogP contribution in [0.2, 0.25) is 0 Å². The predicted molar refractivity (Wildman–Crippen MR) is 113 cm³/mol. The zero-order valence-corrected chi connectivity index (χ0v) is 16.8. The summed E-state index contributed by atoms with van der Waals surface area (Å²) in [6.45, 7) is 0.696. The van der Waals surface area contributed by atoms with Crippen molar-refractivity contribution in [2.45, 2.75) is 19.3 Å². The van der Waals surface area contributed by atoms with Crippen LogP contribution in [0.3, 0.4) is 0 Å². The Balaban J connectivity index is 1.24. The number of nitrogens with zero attached hydrogens (tertiary/aromatic N) is 6. The quantitative estimate of drug-likeness (QED) is 0.490. The molecule has 8 heteroatoms. The van der Waals surface area contributed by atoms with Crippen LogP contribution in [0.25, 0.3) is 16.9 Å². The Kier molecular flexibility index (Phi) is 5.93. The van der Waals surface area contributed by atoms with Crippen molar-refractivity contribution in [3.8, 4) is 16.9 Å². The SMILES string of the molecule is CN(CCCc1cc(-c2ccccc2)n[nH]1)C(=O)Cc1ccc(-n2cnnn2)cc1. The summed E-state index contributed by atoms with van der Waals surface area (Å²) in [6.07, 6.45) is 3.63. The molecule has 8 nitrogen and oxygen atoms in total. The topological polar surface area (TPSA) is 92.6 Å². The molecule has 1 amide bonds. The first-order valence-corrected chi connectivity index (χ1v) is 9.85. The van der Waals surface area contributed by atoms with Gasteiger partial charge >= 0.3 is 0 Å². The van der Waals surface area contributed by atoms with Crippen molar-refractivity contribution < 1.29 is 4.79 Å². The molecule has 0 saturated heterocycles. The summed E-state index contributed by atoms with van der Waals surface area (Å²) in [4.78, 5) is 14.3. The number of amides is 1. The monoisotopic (exact) mass is 401 g/mol. The number of carbonyl (C=O) groups excluding carboxylic acids is 1. The molecule has 0 spiro atoms. The van der Waals surface area contributed by atoms with Gasteiger partial charge in [-0.25, -0.2) is 4.68 Å². The molecule has 4 aromatic rings. The van der Waals surface area contributed by atoms with Crippen molar-refractivity contribution in [3.05, 3.63) is 78.2 Å². The van der Waals surface area contributed by atoms with Crippen LogP contribution >= 0.6 is 0 Å². The lowest BCUT2D eigenvalue weighted by molar-refractivity contribution is -0.129. The van der Waals surface area contributed by atoms with Crippen molar-refractivity contribution in [1.29, 1.82) is 0 Å². The van der Waals surface area contributed by atoms with E-state index in [2.05, 4.69) is 31.8 Å². The van der Waals surface area contributed by atoms with Crippen LogP contribution in [0.15, 0.2) is 67.0 Å². The normalized spacial score (nSPS) is 10.8. The zero-order chi connectivity index (χ0) is 20.8. The fourth-order valence-electron chi connectivity index (χ4n) is 3.23. The van der Waals surface area contributed by atoms with E-state index in [9.17, 15) is 4.79 Å². The largest absolute Gasteiger partial charge is 0.345 e. The van der Waals surface area contributed by atoms with Gasteiger partial charge in [-0.05, 0) is 47.0 Å². The van der Waals surface area contributed by atoms with Gasteiger partial charge in [-0.3, -0.25) is 9.89 Å². The molecule has 1 N–H and O–H groups in total. The van der Waals surface area contributed by atoms with Gasteiger partial charge in [0.05, 0.1) is 17.8 Å². The summed E-state index contributed by atoms with van der Waals surface area (Å²) in [5, 5.41) is 18.6. The number of hydrogen-bond acceptors (Lipinski definition) is 5. The Labute approximate surface area is 174 Å². The van der Waals surface area contributed by atoms with Gasteiger partial charge in [0.1, 0.15) is 6.33 Å². The third-order valence-corrected chi connectivity index (χ3v) is 4.97. The lowest BCUT2D eigenvalue weighted by Crippen LogP contribution is -2.29. The van der Waals surface area contributed by atoms with Crippen LogP contribution in [-0.4, -0.2) is 54.8 Å². The molecule has 2 aromatic heterocycles. The number of nitrogens with one attached hydrogen (secondary N) is 1. The van der Waals surface area contributed by atoms with Crippen LogP contribution in [-0.2, 0) is 17.6 Å². The van der Waals surface area contributed by atoms with Crippen molar-refractivity contribution in [3.63, 3.8) is 0 Å². The van der Waals surface area contributed by atoms with E-state index in [0.717, 1.165) is 41.0 Å². The lowest BCUT2D eigenvalue weighted by atomic mass is 10.1. The minimum absolute atomic E-state index is 0.0970. The molecule has 2 aromatic carbocycles. The highest BCUT2D eigenvalue weighted by atomic mass is 16.2. The molecule has 0 fully saturated rings. The van der Waals surface area contributed by atoms with E-state index in [4.69, 9.17) is 0 Å². The van der Waals surface area contributed by atoms with E-state index >= 15 is 0 Å². The van der Waals surface area contributed by atoms with Gasteiger partial charge in [0.2, 0.25) is 5.91 Å². The molecular weight excluding hydrogens is 378 g/mol. The molecule has 152 valence electrons. The fraction of sp³-hybridized carbons (Fsp3) is 0.227. The Hall–Kier alpha value is -3.81. The zero-order valence-electron chi connectivity index (χ0n) is 16.8. The number of H-pyrrole nitrogens is 1. The summed E-state index contributed by atoms with van der Waals surface area (Å²) in [7, 11) is 1.85. The first-order valence-electron chi connectivity index (χ1n) is 9.85. The Morgan fingerprint density at radius 1 is 1.10 bits per heavy atom. The molecule has 0 aliphatic carbocycles. The summed E-state index contributed by atoms with van der Waals surface area (Å²) in [5.41, 5.74) is 4.94. The first-order chi connectivity index (χ1) is 14.7. The van der Waals surface area contributed by atoms with Gasteiger partial charge < -0.3 is 4.90 Å². The van der Waals surface area contributed by atoms with E-state index < -0.39 is 0 Å². The van der Waals surface area contributed by atoms with E-state index in [-0.39, 0.29) is 5.91 Å². The molecule has 0 atom stereocenters. The maximum absolute atomic E-state index is 12.5. The fourth-order valence-corrected chi connectivity index (χ4v) is 3.23. The third-order valence-electron chi connectivity index (χ3n) is 4.97. The van der Waals surface area contributed by atoms with Crippen molar-refractivity contribution in [1.82, 2.24) is 35.3 Å². The second kappa shape index (κ2) is 9.13. The smallest absolute Gasteiger partial charge is 0.226 e. The lowest BCUT2D eigenvalue weighted by Gasteiger charge is -2.17. The van der Waals surface area contributed by atoms with E-state index in [1.54, 1.807) is 9.58 Å². The predicted octanol–water partition coefficient (Wildman–Crippen LogP) is 2.69. The number of likely N-dealkylation sites (N-methyl/N-ethyl adjacent to an activating group) is 1. The Morgan fingerprint density at radius 3 is 2.63 bits per heavy atom. The number of aromatic amines is 1. The number of benzene rings is 2. The van der Waals surface area contributed by atoms with Crippen LogP contribution in [0, 0.1) is 0 Å². The van der Waals surface area contributed by atoms with Gasteiger partial charge in [0.15, 0.2) is 0 Å². The van der Waals surface area contributed by atoms with Gasteiger partial charge in [-0.1, -0.05) is 42.5 Å². The number of carbonyl (C=O) groups is 1. The van der Waals surface area contributed by atoms with E-state index in [1.807, 2.05) is 61.6 Å². The average Bonchev–Trinajstić information content (AvgIpc) is 3.47. The van der Waals surface area contributed by atoms with Crippen molar-refractivity contribution in [2.24, 2.45) is 0 Å². The van der Waals surface area contributed by atoms with E-state index in [1.165, 1.54) is 6.33 Å². The number of hydrogen-bond donors (Lipinski definition) is 1. The molecule has 0 bridgehead atoms. The second-order valence-electron chi connectivity index (χ2n) is 7.16. The van der Waals surface area contributed by atoms with Crippen LogP contribution in [0.5, 0.6) is 0 Å². The number of tetrazole rings is 1. The van der Waals surface area contributed by atoms with E-state index in [0.29, 0.717) is 13.0 Å². The molecule has 0 aliphatic rings. The number of rotatable bonds is 8. The highest BCUT2D eigenvalue weighted by Gasteiger charge is 2.11. The molecule has 30 heavy (non-hydrogen) atoms. The second-order valence-corrected chi connectivity index (χ2v) is 7.16. The maximum atomic E-state index is 12.5. The molecule has 2 heterocycles. The molecule has 0 aliphatic heterocycles. The van der Waals surface area contributed by atoms with Gasteiger partial charge in [-0.15, -0.1) is 5.10 Å². The minimum Gasteiger partial charge on any atom is -0.345 e. The van der Waals surface area contributed by atoms with Crippen LogP contribution < -0.4 is 0 Å². The van der Waals surface area contributed by atoms with Crippen molar-refractivity contribution >= 4 is 5.91 Å². The van der Waals surface area contributed by atoms with Gasteiger partial charge in [0, 0.05) is 24.8 Å². The highest BCUT2D eigenvalue weighted by molar-refractivity contribution is 5.78. The van der Waals surface area contributed by atoms with Crippen LogP contribution in [0.4, 0.5) is 0 Å². The van der Waals surface area contributed by atoms with Crippen LogP contribution in [0.1, 0.15) is 17.7 Å².